The Morgan fingerprint density at radius 1 is 1.06 bits per heavy atom. The number of hydrogen-bond donors (Lipinski definition) is 2. The van der Waals surface area contributed by atoms with Gasteiger partial charge in [-0.2, -0.15) is 19.5 Å². The summed E-state index contributed by atoms with van der Waals surface area (Å²) >= 11 is 0. The second kappa shape index (κ2) is 8.91. The lowest BCUT2D eigenvalue weighted by molar-refractivity contribution is 0.267. The SMILES string of the molecule is CS(=O)(=O)c1ccc(N2CCN(CCNc3nc(N)n4nc(-c5ccco5)nc4n3)CC2)cc1. The molecule has 5 rings (SSSR count). The molecule has 178 valence electrons. The Labute approximate surface area is 196 Å². The maximum absolute atomic E-state index is 11.6. The van der Waals surface area contributed by atoms with Crippen molar-refractivity contribution in [2.45, 2.75) is 4.90 Å². The van der Waals surface area contributed by atoms with E-state index in [1.807, 2.05) is 12.1 Å². The number of nitrogens with one attached hydrogen (secondary N) is 1. The molecule has 0 radical (unpaired) electrons. The third-order valence-electron chi connectivity index (χ3n) is 5.69. The molecule has 0 aliphatic carbocycles. The summed E-state index contributed by atoms with van der Waals surface area (Å²) in [5, 5.41) is 7.50. The number of rotatable bonds is 7. The maximum atomic E-state index is 11.6. The molecule has 34 heavy (non-hydrogen) atoms. The van der Waals surface area contributed by atoms with Crippen molar-refractivity contribution in [2.24, 2.45) is 0 Å². The van der Waals surface area contributed by atoms with Crippen molar-refractivity contribution in [3.63, 3.8) is 0 Å². The molecular weight excluding hydrogens is 458 g/mol. The van der Waals surface area contributed by atoms with Gasteiger partial charge in [0.2, 0.25) is 17.7 Å². The van der Waals surface area contributed by atoms with E-state index in [0.29, 0.717) is 34.8 Å². The molecule has 1 aliphatic rings. The predicted octanol–water partition coefficient (Wildman–Crippen LogP) is 0.999. The van der Waals surface area contributed by atoms with Crippen LogP contribution < -0.4 is 16.0 Å². The number of aromatic nitrogens is 5. The Morgan fingerprint density at radius 3 is 2.50 bits per heavy atom. The number of nitrogens with zero attached hydrogens (tertiary/aromatic N) is 7. The van der Waals surface area contributed by atoms with E-state index in [0.717, 1.165) is 38.4 Å². The van der Waals surface area contributed by atoms with Crippen LogP contribution in [-0.4, -0.2) is 83.4 Å². The van der Waals surface area contributed by atoms with Crippen LogP contribution in [0.1, 0.15) is 0 Å². The van der Waals surface area contributed by atoms with Gasteiger partial charge in [0.15, 0.2) is 15.6 Å². The quantitative estimate of drug-likeness (QED) is 0.388. The van der Waals surface area contributed by atoms with Gasteiger partial charge in [-0.25, -0.2) is 8.42 Å². The van der Waals surface area contributed by atoms with Gasteiger partial charge < -0.3 is 20.4 Å². The van der Waals surface area contributed by atoms with E-state index in [2.05, 4.69) is 35.2 Å². The summed E-state index contributed by atoms with van der Waals surface area (Å²) in [7, 11) is -3.18. The number of nitrogen functional groups attached to an aromatic ring is 1. The number of nitrogens with two attached hydrogens (primary N) is 1. The standard InChI is InChI=1S/C21H25N9O3S/c1-34(31,32)16-6-4-15(5-7-16)29-12-10-28(11-13-29)9-8-23-20-25-19(22)30-21(26-20)24-18(27-30)17-3-2-14-33-17/h2-7,14H,8-13H2,1H3,(H3,22,23,24,25,26,27). The molecular formula is C21H25N9O3S. The molecule has 0 atom stereocenters. The second-order valence-electron chi connectivity index (χ2n) is 8.05. The van der Waals surface area contributed by atoms with Crippen molar-refractivity contribution in [2.75, 3.05) is 61.5 Å². The summed E-state index contributed by atoms with van der Waals surface area (Å²) in [6, 6.07) is 10.6. The topological polar surface area (TPSA) is 148 Å². The summed E-state index contributed by atoms with van der Waals surface area (Å²) in [6.07, 6.45) is 2.77. The Hall–Kier alpha value is -3.71. The number of sulfone groups is 1. The van der Waals surface area contributed by atoms with Gasteiger partial charge in [0.1, 0.15) is 0 Å². The van der Waals surface area contributed by atoms with Crippen LogP contribution in [-0.2, 0) is 9.84 Å². The smallest absolute Gasteiger partial charge is 0.259 e. The second-order valence-corrected chi connectivity index (χ2v) is 10.1. The van der Waals surface area contributed by atoms with Crippen molar-refractivity contribution >= 4 is 33.2 Å². The lowest BCUT2D eigenvalue weighted by Crippen LogP contribution is -2.47. The zero-order chi connectivity index (χ0) is 23.7. The number of anilines is 3. The molecule has 0 amide bonds. The Kier molecular flexibility index (Phi) is 5.79. The number of benzene rings is 1. The van der Waals surface area contributed by atoms with Crippen LogP contribution >= 0.6 is 0 Å². The Balaban J connectivity index is 1.14. The molecule has 0 unspecified atom stereocenters. The minimum Gasteiger partial charge on any atom is -0.461 e. The molecule has 12 nitrogen and oxygen atoms in total. The molecule has 1 aliphatic heterocycles. The van der Waals surface area contributed by atoms with Crippen molar-refractivity contribution < 1.29 is 12.8 Å². The minimum absolute atomic E-state index is 0.188. The number of furan rings is 1. The molecule has 13 heteroatoms. The van der Waals surface area contributed by atoms with E-state index in [1.165, 1.54) is 10.8 Å². The molecule has 1 fully saturated rings. The average molecular weight is 484 g/mol. The number of hydrogen-bond acceptors (Lipinski definition) is 11. The third kappa shape index (κ3) is 4.65. The normalized spacial score (nSPS) is 15.1. The lowest BCUT2D eigenvalue weighted by Gasteiger charge is -2.36. The van der Waals surface area contributed by atoms with E-state index >= 15 is 0 Å². The highest BCUT2D eigenvalue weighted by molar-refractivity contribution is 7.90. The fourth-order valence-electron chi connectivity index (χ4n) is 3.85. The van der Waals surface area contributed by atoms with Crippen LogP contribution in [0.3, 0.4) is 0 Å². The van der Waals surface area contributed by atoms with Gasteiger partial charge in [0, 0.05) is 51.2 Å². The molecule has 3 N–H and O–H groups in total. The van der Waals surface area contributed by atoms with Crippen LogP contribution in [0.5, 0.6) is 0 Å². The molecule has 1 aromatic carbocycles. The largest absolute Gasteiger partial charge is 0.461 e. The van der Waals surface area contributed by atoms with E-state index in [9.17, 15) is 8.42 Å². The zero-order valence-corrected chi connectivity index (χ0v) is 19.4. The fraction of sp³-hybridized carbons (Fsp3) is 0.333. The predicted molar refractivity (Wildman–Crippen MR) is 127 cm³/mol. The van der Waals surface area contributed by atoms with Crippen molar-refractivity contribution in [1.29, 1.82) is 0 Å². The summed E-state index contributed by atoms with van der Waals surface area (Å²) < 4.78 is 30.0. The van der Waals surface area contributed by atoms with Crippen molar-refractivity contribution in [1.82, 2.24) is 29.5 Å². The number of fused-ring (bicyclic) bond motifs is 1. The number of piperazine rings is 1. The van der Waals surface area contributed by atoms with Gasteiger partial charge in [-0.15, -0.1) is 5.10 Å². The summed E-state index contributed by atoms with van der Waals surface area (Å²) in [5.41, 5.74) is 7.06. The van der Waals surface area contributed by atoms with Gasteiger partial charge in [-0.3, -0.25) is 4.90 Å². The first-order valence-electron chi connectivity index (χ1n) is 10.8. The molecule has 4 heterocycles. The van der Waals surface area contributed by atoms with E-state index in [1.54, 1.807) is 30.5 Å². The first-order chi connectivity index (χ1) is 16.4. The van der Waals surface area contributed by atoms with E-state index < -0.39 is 9.84 Å². The van der Waals surface area contributed by atoms with Gasteiger partial charge in [0.05, 0.1) is 11.2 Å². The fourth-order valence-corrected chi connectivity index (χ4v) is 4.48. The van der Waals surface area contributed by atoms with Crippen molar-refractivity contribution in [3.05, 3.63) is 42.7 Å². The first-order valence-corrected chi connectivity index (χ1v) is 12.7. The summed E-state index contributed by atoms with van der Waals surface area (Å²) in [5.74, 6) is 1.86. The van der Waals surface area contributed by atoms with Gasteiger partial charge in [-0.05, 0) is 36.4 Å². The van der Waals surface area contributed by atoms with E-state index in [-0.39, 0.29) is 5.95 Å². The van der Waals surface area contributed by atoms with E-state index in [4.69, 9.17) is 10.2 Å². The summed E-state index contributed by atoms with van der Waals surface area (Å²) in [6.45, 7) is 4.99. The average Bonchev–Trinajstić information content (AvgIpc) is 3.49. The minimum atomic E-state index is -3.18. The van der Waals surface area contributed by atoms with Crippen LogP contribution in [0.15, 0.2) is 52.0 Å². The van der Waals surface area contributed by atoms with Gasteiger partial charge >= 0.3 is 0 Å². The Bertz CT molecular complexity index is 1380. The highest BCUT2D eigenvalue weighted by atomic mass is 32.2. The van der Waals surface area contributed by atoms with Crippen LogP contribution in [0, 0.1) is 0 Å². The highest BCUT2D eigenvalue weighted by Crippen LogP contribution is 2.20. The maximum Gasteiger partial charge on any atom is 0.259 e. The van der Waals surface area contributed by atoms with Crippen molar-refractivity contribution in [3.8, 4) is 11.6 Å². The lowest BCUT2D eigenvalue weighted by atomic mass is 10.2. The monoisotopic (exact) mass is 483 g/mol. The molecule has 4 aromatic rings. The molecule has 3 aromatic heterocycles. The molecule has 0 saturated carbocycles. The molecule has 1 saturated heterocycles. The van der Waals surface area contributed by atoms with Crippen LogP contribution in [0.25, 0.3) is 17.4 Å². The molecule has 0 spiro atoms. The third-order valence-corrected chi connectivity index (χ3v) is 6.82. The van der Waals surface area contributed by atoms with Gasteiger partial charge in [-0.1, -0.05) is 0 Å². The Morgan fingerprint density at radius 2 is 1.82 bits per heavy atom. The highest BCUT2D eigenvalue weighted by Gasteiger charge is 2.18. The van der Waals surface area contributed by atoms with Crippen LogP contribution in [0.4, 0.5) is 17.6 Å². The first kappa shape index (κ1) is 22.1. The zero-order valence-electron chi connectivity index (χ0n) is 18.6. The van der Waals surface area contributed by atoms with Crippen LogP contribution in [0.2, 0.25) is 0 Å². The summed E-state index contributed by atoms with van der Waals surface area (Å²) in [4.78, 5) is 18.0. The molecule has 0 bridgehead atoms. The van der Waals surface area contributed by atoms with Gasteiger partial charge in [0.25, 0.3) is 5.78 Å².